The third-order valence-electron chi connectivity index (χ3n) is 5.11. The average Bonchev–Trinajstić information content (AvgIpc) is 2.77. The number of alkyl halides is 1. The van der Waals surface area contributed by atoms with Crippen molar-refractivity contribution in [3.63, 3.8) is 0 Å². The summed E-state index contributed by atoms with van der Waals surface area (Å²) in [5, 5.41) is 11.8. The molecule has 0 spiro atoms. The molecule has 0 bridgehead atoms. The molecule has 33 heavy (non-hydrogen) atoms. The first-order valence-electron chi connectivity index (χ1n) is 9.88. The van der Waals surface area contributed by atoms with Crippen molar-refractivity contribution >= 4 is 47.4 Å². The van der Waals surface area contributed by atoms with Gasteiger partial charge in [-0.25, -0.2) is 8.42 Å². The van der Waals surface area contributed by atoms with Crippen LogP contribution in [-0.4, -0.2) is 68.9 Å². The van der Waals surface area contributed by atoms with E-state index < -0.39 is 25.1 Å². The third-order valence-corrected chi connectivity index (χ3v) is 7.93. The number of non-ortho nitro benzene ring substituents is 1. The van der Waals surface area contributed by atoms with Crippen LogP contribution < -0.4 is 4.90 Å². The van der Waals surface area contributed by atoms with Crippen LogP contribution in [0, 0.1) is 10.1 Å². The summed E-state index contributed by atoms with van der Waals surface area (Å²) in [6, 6.07) is 5.40. The number of nitro groups is 1. The van der Waals surface area contributed by atoms with E-state index in [9.17, 15) is 26.9 Å². The van der Waals surface area contributed by atoms with E-state index in [2.05, 4.69) is 20.9 Å². The zero-order valence-corrected chi connectivity index (χ0v) is 21.0. The van der Waals surface area contributed by atoms with Crippen molar-refractivity contribution in [3.05, 3.63) is 57.9 Å². The Balaban J connectivity index is 2.01. The van der Waals surface area contributed by atoms with Crippen LogP contribution >= 0.6 is 15.9 Å². The van der Waals surface area contributed by atoms with Gasteiger partial charge < -0.3 is 4.90 Å². The molecular formula is C19H23BrN4O7S2. The van der Waals surface area contributed by atoms with Crippen LogP contribution in [0.4, 0.5) is 11.4 Å². The molecule has 0 unspecified atom stereocenters. The Kier molecular flexibility index (Phi) is 8.05. The molecule has 1 aliphatic rings. The summed E-state index contributed by atoms with van der Waals surface area (Å²) in [7, 11) is -7.79. The average molecular weight is 563 g/mol. The minimum atomic E-state index is -4.12. The number of nitro benzene ring substituents is 1. The SMILES string of the molecule is CS(=O)(=O)OCCN(CCBr)c1ccc([N+](=O)[O-])cc1S(=O)(=O)N1CCc2cnccc2C1. The number of anilines is 1. The molecule has 0 saturated carbocycles. The number of aromatic nitrogens is 1. The summed E-state index contributed by atoms with van der Waals surface area (Å²) in [6.07, 6.45) is 4.69. The molecule has 0 radical (unpaired) electrons. The van der Waals surface area contributed by atoms with Crippen LogP contribution in [0.5, 0.6) is 0 Å². The molecule has 1 aromatic carbocycles. The van der Waals surface area contributed by atoms with Crippen LogP contribution in [0.15, 0.2) is 41.6 Å². The Morgan fingerprint density at radius 2 is 1.97 bits per heavy atom. The number of pyridine rings is 1. The fourth-order valence-electron chi connectivity index (χ4n) is 3.53. The zero-order valence-electron chi connectivity index (χ0n) is 17.8. The first kappa shape index (κ1) is 25.5. The highest BCUT2D eigenvalue weighted by Gasteiger charge is 2.33. The molecule has 2 heterocycles. The van der Waals surface area contributed by atoms with Gasteiger partial charge in [0, 0.05) is 56.0 Å². The number of benzene rings is 1. The van der Waals surface area contributed by atoms with E-state index in [0.29, 0.717) is 18.3 Å². The lowest BCUT2D eigenvalue weighted by Crippen LogP contribution is -2.38. The fourth-order valence-corrected chi connectivity index (χ4v) is 5.99. The summed E-state index contributed by atoms with van der Waals surface area (Å²) < 4.78 is 56.1. The van der Waals surface area contributed by atoms with E-state index in [4.69, 9.17) is 4.18 Å². The van der Waals surface area contributed by atoms with Crippen molar-refractivity contribution in [1.82, 2.24) is 9.29 Å². The normalized spacial score (nSPS) is 14.6. The molecule has 0 saturated heterocycles. The first-order valence-corrected chi connectivity index (χ1v) is 14.3. The van der Waals surface area contributed by atoms with Crippen molar-refractivity contribution in [2.75, 3.05) is 42.7 Å². The topological polar surface area (TPSA) is 140 Å². The van der Waals surface area contributed by atoms with Gasteiger partial charge in [-0.05, 0) is 29.7 Å². The number of fused-ring (bicyclic) bond motifs is 1. The van der Waals surface area contributed by atoms with E-state index in [-0.39, 0.29) is 42.5 Å². The predicted octanol–water partition coefficient (Wildman–Crippen LogP) is 1.91. The fraction of sp³-hybridized carbons (Fsp3) is 0.421. The van der Waals surface area contributed by atoms with Gasteiger partial charge in [-0.15, -0.1) is 0 Å². The summed E-state index contributed by atoms with van der Waals surface area (Å²) in [4.78, 5) is 16.2. The highest BCUT2D eigenvalue weighted by Crippen LogP contribution is 2.34. The molecule has 1 aliphatic heterocycles. The highest BCUT2D eigenvalue weighted by molar-refractivity contribution is 9.09. The molecule has 0 aliphatic carbocycles. The largest absolute Gasteiger partial charge is 0.367 e. The third kappa shape index (κ3) is 6.26. The second kappa shape index (κ2) is 10.4. The van der Waals surface area contributed by atoms with Crippen LogP contribution in [0.3, 0.4) is 0 Å². The summed E-state index contributed by atoms with van der Waals surface area (Å²) in [5.41, 5.74) is 1.66. The van der Waals surface area contributed by atoms with Gasteiger partial charge in [-0.1, -0.05) is 15.9 Å². The molecule has 0 atom stereocenters. The van der Waals surface area contributed by atoms with Gasteiger partial charge in [0.2, 0.25) is 10.0 Å². The number of halogens is 1. The maximum atomic E-state index is 13.7. The minimum Gasteiger partial charge on any atom is -0.367 e. The number of nitrogens with zero attached hydrogens (tertiary/aromatic N) is 4. The van der Waals surface area contributed by atoms with Crippen LogP contribution in [0.1, 0.15) is 11.1 Å². The quantitative estimate of drug-likeness (QED) is 0.184. The minimum absolute atomic E-state index is 0.0630. The Hall–Kier alpha value is -2.13. The van der Waals surface area contributed by atoms with Crippen molar-refractivity contribution in [2.24, 2.45) is 0 Å². The number of hydrogen-bond acceptors (Lipinski definition) is 9. The Morgan fingerprint density at radius 1 is 1.21 bits per heavy atom. The molecule has 0 fully saturated rings. The van der Waals surface area contributed by atoms with Gasteiger partial charge >= 0.3 is 0 Å². The Morgan fingerprint density at radius 3 is 2.64 bits per heavy atom. The predicted molar refractivity (Wildman–Crippen MR) is 125 cm³/mol. The van der Waals surface area contributed by atoms with Gasteiger partial charge in [-0.2, -0.15) is 12.7 Å². The number of sulfonamides is 1. The van der Waals surface area contributed by atoms with Crippen LogP contribution in [-0.2, 0) is 37.3 Å². The molecule has 0 N–H and O–H groups in total. The molecule has 11 nitrogen and oxygen atoms in total. The van der Waals surface area contributed by atoms with E-state index in [1.54, 1.807) is 23.4 Å². The summed E-state index contributed by atoms with van der Waals surface area (Å²) >= 11 is 3.31. The van der Waals surface area contributed by atoms with Crippen molar-refractivity contribution in [2.45, 2.75) is 17.9 Å². The maximum absolute atomic E-state index is 13.7. The summed E-state index contributed by atoms with van der Waals surface area (Å²) in [5.74, 6) is 0. The van der Waals surface area contributed by atoms with Crippen LogP contribution in [0.25, 0.3) is 0 Å². The van der Waals surface area contributed by atoms with Gasteiger partial charge in [0.05, 0.1) is 23.5 Å². The zero-order chi connectivity index (χ0) is 24.2. The molecule has 14 heteroatoms. The van der Waals surface area contributed by atoms with E-state index in [1.165, 1.54) is 16.4 Å². The first-order chi connectivity index (χ1) is 15.5. The van der Waals surface area contributed by atoms with Gasteiger partial charge in [0.1, 0.15) is 4.90 Å². The lowest BCUT2D eigenvalue weighted by molar-refractivity contribution is -0.385. The molecule has 0 amide bonds. The molecule has 1 aromatic heterocycles. The number of rotatable bonds is 10. The Bertz CT molecular complexity index is 1240. The van der Waals surface area contributed by atoms with Crippen LogP contribution in [0.2, 0.25) is 0 Å². The smallest absolute Gasteiger partial charge is 0.270 e. The molecule has 2 aromatic rings. The molecular weight excluding hydrogens is 540 g/mol. The van der Waals surface area contributed by atoms with Crippen molar-refractivity contribution in [1.29, 1.82) is 0 Å². The van der Waals surface area contributed by atoms with Crippen molar-refractivity contribution in [3.8, 4) is 0 Å². The van der Waals surface area contributed by atoms with Gasteiger partial charge in [0.15, 0.2) is 0 Å². The summed E-state index contributed by atoms with van der Waals surface area (Å²) in [6.45, 7) is 0.513. The van der Waals surface area contributed by atoms with E-state index >= 15 is 0 Å². The highest BCUT2D eigenvalue weighted by atomic mass is 79.9. The standard InChI is InChI=1S/C19H23BrN4O7S2/c1-32(27,28)31-11-10-22(9-6-20)18-3-2-17(24(25)26)12-19(18)33(29,30)23-8-5-15-13-21-7-4-16(15)14-23/h2-4,7,12-13H,5-6,8-11,14H2,1H3. The second-order valence-electron chi connectivity index (χ2n) is 7.34. The molecule has 3 rings (SSSR count). The maximum Gasteiger partial charge on any atom is 0.270 e. The monoisotopic (exact) mass is 562 g/mol. The van der Waals surface area contributed by atoms with Gasteiger partial charge in [0.25, 0.3) is 15.8 Å². The molecule has 180 valence electrons. The second-order valence-corrected chi connectivity index (χ2v) is 11.7. The van der Waals surface area contributed by atoms with E-state index in [0.717, 1.165) is 23.4 Å². The lowest BCUT2D eigenvalue weighted by atomic mass is 10.0. The lowest BCUT2D eigenvalue weighted by Gasteiger charge is -2.31. The number of hydrogen-bond donors (Lipinski definition) is 0. The van der Waals surface area contributed by atoms with Crippen molar-refractivity contribution < 1.29 is 25.9 Å². The van der Waals surface area contributed by atoms with Gasteiger partial charge in [-0.3, -0.25) is 19.3 Å². The Labute approximate surface area is 200 Å². The van der Waals surface area contributed by atoms with E-state index in [1.807, 2.05) is 0 Å².